The summed E-state index contributed by atoms with van der Waals surface area (Å²) >= 11 is 0. The maximum atomic E-state index is 10.4. The van der Waals surface area contributed by atoms with Gasteiger partial charge in [-0.3, -0.25) is 4.40 Å². The highest BCUT2D eigenvalue weighted by Gasteiger charge is 2.28. The van der Waals surface area contributed by atoms with E-state index < -0.39 is 0 Å². The van der Waals surface area contributed by atoms with Crippen molar-refractivity contribution in [2.45, 2.75) is 25.2 Å². The highest BCUT2D eigenvalue weighted by Crippen LogP contribution is 2.38. The standard InChI is InChI=1S/C11H11N3O/c15-6-4-8-3-5-14-10(7-8)12-13-11(14)9-1-2-9/h3,5-7,9H,1-2,4H2. The summed E-state index contributed by atoms with van der Waals surface area (Å²) in [5.41, 5.74) is 1.84. The van der Waals surface area contributed by atoms with Crippen LogP contribution in [0.3, 0.4) is 0 Å². The summed E-state index contributed by atoms with van der Waals surface area (Å²) in [5, 5.41) is 8.30. The van der Waals surface area contributed by atoms with Crippen molar-refractivity contribution in [1.82, 2.24) is 14.6 Å². The number of aromatic nitrogens is 3. The molecule has 1 aliphatic rings. The molecule has 0 saturated heterocycles. The van der Waals surface area contributed by atoms with Gasteiger partial charge in [0.25, 0.3) is 0 Å². The van der Waals surface area contributed by atoms with Gasteiger partial charge in [0.2, 0.25) is 0 Å². The second kappa shape index (κ2) is 3.15. The first-order chi connectivity index (χ1) is 7.38. The first kappa shape index (κ1) is 8.59. The molecule has 1 aliphatic carbocycles. The highest BCUT2D eigenvalue weighted by molar-refractivity contribution is 5.56. The molecule has 4 nitrogen and oxygen atoms in total. The molecule has 1 fully saturated rings. The summed E-state index contributed by atoms with van der Waals surface area (Å²) in [6.45, 7) is 0. The van der Waals surface area contributed by atoms with E-state index in [1.807, 2.05) is 22.7 Å². The van der Waals surface area contributed by atoms with E-state index in [9.17, 15) is 4.79 Å². The summed E-state index contributed by atoms with van der Waals surface area (Å²) in [6, 6.07) is 3.88. The Hall–Kier alpha value is -1.71. The van der Waals surface area contributed by atoms with Gasteiger partial charge < -0.3 is 4.79 Å². The molecule has 0 atom stereocenters. The van der Waals surface area contributed by atoms with Gasteiger partial charge in [-0.2, -0.15) is 0 Å². The molecule has 15 heavy (non-hydrogen) atoms. The Morgan fingerprint density at radius 2 is 2.33 bits per heavy atom. The van der Waals surface area contributed by atoms with Crippen molar-refractivity contribution in [3.63, 3.8) is 0 Å². The monoisotopic (exact) mass is 201 g/mol. The van der Waals surface area contributed by atoms with E-state index in [2.05, 4.69) is 10.2 Å². The van der Waals surface area contributed by atoms with Crippen LogP contribution < -0.4 is 0 Å². The highest BCUT2D eigenvalue weighted by atomic mass is 16.1. The summed E-state index contributed by atoms with van der Waals surface area (Å²) in [4.78, 5) is 10.4. The van der Waals surface area contributed by atoms with E-state index in [-0.39, 0.29) is 0 Å². The summed E-state index contributed by atoms with van der Waals surface area (Å²) in [5.74, 6) is 1.65. The van der Waals surface area contributed by atoms with Crippen LogP contribution in [0, 0.1) is 0 Å². The fourth-order valence-corrected chi connectivity index (χ4v) is 1.79. The van der Waals surface area contributed by atoms with Crippen molar-refractivity contribution in [3.05, 3.63) is 29.7 Å². The van der Waals surface area contributed by atoms with Gasteiger partial charge >= 0.3 is 0 Å². The summed E-state index contributed by atoms with van der Waals surface area (Å²) in [6.07, 6.45) is 5.75. The molecule has 0 radical (unpaired) electrons. The van der Waals surface area contributed by atoms with Gasteiger partial charge in [0.15, 0.2) is 5.65 Å². The first-order valence-electron chi connectivity index (χ1n) is 5.15. The lowest BCUT2D eigenvalue weighted by atomic mass is 10.2. The van der Waals surface area contributed by atoms with Gasteiger partial charge in [-0.1, -0.05) is 0 Å². The van der Waals surface area contributed by atoms with Crippen molar-refractivity contribution in [1.29, 1.82) is 0 Å². The van der Waals surface area contributed by atoms with Crippen molar-refractivity contribution in [2.75, 3.05) is 0 Å². The predicted molar refractivity (Wildman–Crippen MR) is 54.7 cm³/mol. The fourth-order valence-electron chi connectivity index (χ4n) is 1.79. The average Bonchev–Trinajstić information content (AvgIpc) is 3.00. The van der Waals surface area contributed by atoms with Crippen LogP contribution in [0.5, 0.6) is 0 Å². The molecular formula is C11H11N3O. The number of rotatable bonds is 3. The predicted octanol–water partition coefficient (Wildman–Crippen LogP) is 1.35. The summed E-state index contributed by atoms with van der Waals surface area (Å²) in [7, 11) is 0. The third kappa shape index (κ3) is 1.42. The van der Waals surface area contributed by atoms with E-state index in [0.29, 0.717) is 12.3 Å². The van der Waals surface area contributed by atoms with Crippen LogP contribution in [0.2, 0.25) is 0 Å². The molecule has 0 aromatic carbocycles. The van der Waals surface area contributed by atoms with E-state index in [1.165, 1.54) is 12.8 Å². The number of pyridine rings is 1. The molecule has 2 heterocycles. The molecule has 3 rings (SSSR count). The lowest BCUT2D eigenvalue weighted by molar-refractivity contribution is -0.107. The van der Waals surface area contributed by atoms with Crippen LogP contribution in [0.1, 0.15) is 30.1 Å². The van der Waals surface area contributed by atoms with Gasteiger partial charge in [-0.05, 0) is 30.5 Å². The smallest absolute Gasteiger partial charge is 0.161 e. The minimum absolute atomic E-state index is 0.447. The van der Waals surface area contributed by atoms with Crippen molar-refractivity contribution >= 4 is 11.9 Å². The molecule has 1 saturated carbocycles. The van der Waals surface area contributed by atoms with Gasteiger partial charge in [0, 0.05) is 18.5 Å². The minimum atomic E-state index is 0.447. The maximum absolute atomic E-state index is 10.4. The van der Waals surface area contributed by atoms with E-state index in [1.54, 1.807) is 0 Å². The third-order valence-corrected chi connectivity index (χ3v) is 2.76. The Morgan fingerprint density at radius 1 is 1.47 bits per heavy atom. The molecule has 0 spiro atoms. The first-order valence-corrected chi connectivity index (χ1v) is 5.15. The Balaban J connectivity index is 2.09. The number of carbonyl (C=O) groups is 1. The van der Waals surface area contributed by atoms with Crippen LogP contribution in [0.15, 0.2) is 18.3 Å². The van der Waals surface area contributed by atoms with Gasteiger partial charge in [-0.15, -0.1) is 10.2 Å². The fraction of sp³-hybridized carbons (Fsp3) is 0.364. The SMILES string of the molecule is O=CCc1ccn2c(C3CC3)nnc2c1. The molecule has 2 aromatic rings. The topological polar surface area (TPSA) is 47.3 Å². The zero-order valence-electron chi connectivity index (χ0n) is 8.26. The zero-order valence-corrected chi connectivity index (χ0v) is 8.26. The van der Waals surface area contributed by atoms with Crippen molar-refractivity contribution < 1.29 is 4.79 Å². The van der Waals surface area contributed by atoms with Crippen LogP contribution in [0.25, 0.3) is 5.65 Å². The Bertz CT molecular complexity index is 514. The molecule has 2 aromatic heterocycles. The second-order valence-electron chi connectivity index (χ2n) is 3.97. The van der Waals surface area contributed by atoms with Crippen LogP contribution in [-0.2, 0) is 11.2 Å². The lowest BCUT2D eigenvalue weighted by Crippen LogP contribution is -1.93. The number of hydrogen-bond donors (Lipinski definition) is 0. The van der Waals surface area contributed by atoms with E-state index in [0.717, 1.165) is 23.3 Å². The number of carbonyl (C=O) groups excluding carboxylic acids is 1. The van der Waals surface area contributed by atoms with Crippen molar-refractivity contribution in [2.24, 2.45) is 0 Å². The molecule has 0 bridgehead atoms. The van der Waals surface area contributed by atoms with Crippen LogP contribution in [0.4, 0.5) is 0 Å². The molecule has 0 N–H and O–H groups in total. The van der Waals surface area contributed by atoms with Crippen molar-refractivity contribution in [3.8, 4) is 0 Å². The Morgan fingerprint density at radius 3 is 3.07 bits per heavy atom. The van der Waals surface area contributed by atoms with Crippen LogP contribution >= 0.6 is 0 Å². The molecule has 76 valence electrons. The molecular weight excluding hydrogens is 190 g/mol. The third-order valence-electron chi connectivity index (χ3n) is 2.76. The number of nitrogens with zero attached hydrogens (tertiary/aromatic N) is 3. The zero-order chi connectivity index (χ0) is 10.3. The second-order valence-corrected chi connectivity index (χ2v) is 3.97. The van der Waals surface area contributed by atoms with Crippen LogP contribution in [-0.4, -0.2) is 20.9 Å². The van der Waals surface area contributed by atoms with Gasteiger partial charge in [0.05, 0.1) is 0 Å². The van der Waals surface area contributed by atoms with Gasteiger partial charge in [0.1, 0.15) is 12.1 Å². The molecule has 4 heteroatoms. The quantitative estimate of drug-likeness (QED) is 0.704. The normalized spacial score (nSPS) is 15.7. The maximum Gasteiger partial charge on any atom is 0.161 e. The number of fused-ring (bicyclic) bond motifs is 1. The molecule has 0 aliphatic heterocycles. The molecule has 0 unspecified atom stereocenters. The largest absolute Gasteiger partial charge is 0.303 e. The minimum Gasteiger partial charge on any atom is -0.303 e. The number of aldehydes is 1. The van der Waals surface area contributed by atoms with E-state index in [4.69, 9.17) is 0 Å². The Labute approximate surface area is 86.9 Å². The number of hydrogen-bond acceptors (Lipinski definition) is 3. The molecule has 0 amide bonds. The van der Waals surface area contributed by atoms with Gasteiger partial charge in [-0.25, -0.2) is 0 Å². The Kier molecular flexibility index (Phi) is 1.80. The average molecular weight is 201 g/mol. The summed E-state index contributed by atoms with van der Waals surface area (Å²) < 4.78 is 2.02. The lowest BCUT2D eigenvalue weighted by Gasteiger charge is -1.98. The van der Waals surface area contributed by atoms with E-state index >= 15 is 0 Å².